The number of anilines is 1. The predicted octanol–water partition coefficient (Wildman–Crippen LogP) is 3.47. The third kappa shape index (κ3) is 4.73. The maximum Gasteiger partial charge on any atom is 0.350 e. The predicted molar refractivity (Wildman–Crippen MR) is 111 cm³/mol. The van der Waals surface area contributed by atoms with Crippen molar-refractivity contribution in [3.05, 3.63) is 27.8 Å². The number of esters is 4. The highest BCUT2D eigenvalue weighted by molar-refractivity contribution is 7.18. The molecule has 2 heterocycles. The van der Waals surface area contributed by atoms with E-state index in [1.54, 1.807) is 20.8 Å². The minimum absolute atomic E-state index is 0.132. The van der Waals surface area contributed by atoms with Gasteiger partial charge in [-0.3, -0.25) is 0 Å². The van der Waals surface area contributed by atoms with E-state index in [1.165, 1.54) is 0 Å². The summed E-state index contributed by atoms with van der Waals surface area (Å²) >= 11 is 0.966. The molecule has 168 valence electrons. The van der Waals surface area contributed by atoms with Gasteiger partial charge >= 0.3 is 23.9 Å². The molecule has 0 radical (unpaired) electrons. The Balaban J connectivity index is 1.87. The number of carbonyl (C=O) groups is 4. The summed E-state index contributed by atoms with van der Waals surface area (Å²) in [7, 11) is 0. The van der Waals surface area contributed by atoms with E-state index in [0.717, 1.165) is 36.8 Å². The van der Waals surface area contributed by atoms with Crippen molar-refractivity contribution in [1.82, 2.24) is 0 Å². The Bertz CT molecular complexity index is 904. The van der Waals surface area contributed by atoms with Crippen LogP contribution in [0.4, 0.5) is 5.00 Å². The highest BCUT2D eigenvalue weighted by Gasteiger charge is 2.46. The van der Waals surface area contributed by atoms with E-state index in [4.69, 9.17) is 18.9 Å². The first-order chi connectivity index (χ1) is 14.8. The minimum Gasteiger partial charge on any atom is -0.462 e. The first-order valence-electron chi connectivity index (χ1n) is 10.2. The highest BCUT2D eigenvalue weighted by atomic mass is 32.1. The molecule has 1 N–H and O–H groups in total. The van der Waals surface area contributed by atoms with Crippen molar-refractivity contribution in [2.75, 3.05) is 18.5 Å². The number of carbonyl (C=O) groups excluding carboxylic acids is 4. The zero-order chi connectivity index (χ0) is 22.6. The Morgan fingerprint density at radius 2 is 1.61 bits per heavy atom. The molecule has 1 spiro atoms. The van der Waals surface area contributed by atoms with Crippen LogP contribution in [0.5, 0.6) is 0 Å². The molecule has 2 aliphatic rings. The lowest BCUT2D eigenvalue weighted by Crippen LogP contribution is -2.47. The first-order valence-corrected chi connectivity index (χ1v) is 11.0. The molecule has 2 fully saturated rings. The number of hydrogen-bond donors (Lipinski definition) is 1. The zero-order valence-corrected chi connectivity index (χ0v) is 18.5. The smallest absolute Gasteiger partial charge is 0.350 e. The minimum atomic E-state index is -1.18. The summed E-state index contributed by atoms with van der Waals surface area (Å²) in [5.41, 5.74) is 0.195. The van der Waals surface area contributed by atoms with Crippen molar-refractivity contribution >= 4 is 40.2 Å². The molecule has 1 saturated carbocycles. The van der Waals surface area contributed by atoms with E-state index in [-0.39, 0.29) is 34.2 Å². The van der Waals surface area contributed by atoms with Gasteiger partial charge in [0.25, 0.3) is 5.79 Å². The molecule has 0 atom stereocenters. The molecule has 0 bridgehead atoms. The van der Waals surface area contributed by atoms with Crippen LogP contribution in [0.15, 0.2) is 11.8 Å². The van der Waals surface area contributed by atoms with Crippen LogP contribution in [-0.2, 0) is 28.5 Å². The van der Waals surface area contributed by atoms with Gasteiger partial charge in [0.05, 0.1) is 18.8 Å². The van der Waals surface area contributed by atoms with Gasteiger partial charge in [-0.15, -0.1) is 11.3 Å². The average Bonchev–Trinajstić information content (AvgIpc) is 3.04. The van der Waals surface area contributed by atoms with Crippen molar-refractivity contribution < 1.29 is 38.1 Å². The lowest BCUT2D eigenvalue weighted by Gasteiger charge is -2.38. The van der Waals surface area contributed by atoms with Gasteiger partial charge in [0.15, 0.2) is 5.57 Å². The monoisotopic (exact) mass is 451 g/mol. The molecule has 0 aromatic carbocycles. The van der Waals surface area contributed by atoms with Gasteiger partial charge < -0.3 is 24.3 Å². The fourth-order valence-electron chi connectivity index (χ4n) is 3.56. The van der Waals surface area contributed by atoms with E-state index in [9.17, 15) is 19.2 Å². The largest absolute Gasteiger partial charge is 0.462 e. The second-order valence-corrected chi connectivity index (χ2v) is 8.17. The lowest BCUT2D eigenvalue weighted by atomic mass is 9.93. The molecular weight excluding hydrogens is 426 g/mol. The lowest BCUT2D eigenvalue weighted by molar-refractivity contribution is -0.244. The fourth-order valence-corrected chi connectivity index (χ4v) is 4.62. The number of ether oxygens (including phenoxy) is 4. The molecule has 1 aliphatic carbocycles. The van der Waals surface area contributed by atoms with Crippen LogP contribution in [0.2, 0.25) is 0 Å². The topological polar surface area (TPSA) is 117 Å². The van der Waals surface area contributed by atoms with Gasteiger partial charge in [-0.2, -0.15) is 0 Å². The third-order valence-electron chi connectivity index (χ3n) is 5.05. The Morgan fingerprint density at radius 1 is 1.03 bits per heavy atom. The summed E-state index contributed by atoms with van der Waals surface area (Å²) in [5.74, 6) is -3.98. The second kappa shape index (κ2) is 9.51. The molecule has 0 unspecified atom stereocenters. The van der Waals surface area contributed by atoms with Crippen LogP contribution in [0.1, 0.15) is 71.5 Å². The van der Waals surface area contributed by atoms with Crippen LogP contribution >= 0.6 is 11.3 Å². The maximum atomic E-state index is 12.5. The van der Waals surface area contributed by atoms with Gasteiger partial charge in [0.2, 0.25) is 0 Å². The normalized spacial score (nSPS) is 17.6. The van der Waals surface area contributed by atoms with Crippen LogP contribution in [-0.4, -0.2) is 42.9 Å². The maximum absolute atomic E-state index is 12.5. The van der Waals surface area contributed by atoms with Crippen LogP contribution in [0, 0.1) is 6.92 Å². The molecule has 1 saturated heterocycles. The number of nitrogens with one attached hydrogen (secondary N) is 1. The van der Waals surface area contributed by atoms with E-state index in [2.05, 4.69) is 5.32 Å². The average molecular weight is 451 g/mol. The Labute approximate surface area is 183 Å². The van der Waals surface area contributed by atoms with Crippen molar-refractivity contribution in [2.45, 2.75) is 58.7 Å². The molecular formula is C21H25NO8S. The summed E-state index contributed by atoms with van der Waals surface area (Å²) in [6.07, 6.45) is 4.70. The molecule has 1 aromatic heterocycles. The standard InChI is InChI=1S/C21H25NO8S/c1-4-27-19(25)14-12(3)15(20(26)28-5-2)31-16(14)22-11-13-17(23)29-21(30-18(13)24)9-7-6-8-10-21/h11,22H,4-10H2,1-3H3. The summed E-state index contributed by atoms with van der Waals surface area (Å²) < 4.78 is 21.0. The van der Waals surface area contributed by atoms with Gasteiger partial charge in [0, 0.05) is 19.0 Å². The van der Waals surface area contributed by atoms with E-state index >= 15 is 0 Å². The van der Waals surface area contributed by atoms with Crippen LogP contribution < -0.4 is 5.32 Å². The van der Waals surface area contributed by atoms with E-state index < -0.39 is 29.7 Å². The van der Waals surface area contributed by atoms with Crippen LogP contribution in [0.25, 0.3) is 0 Å². The van der Waals surface area contributed by atoms with Gasteiger partial charge in [0.1, 0.15) is 9.88 Å². The Kier molecular flexibility index (Phi) is 6.99. The molecule has 1 aromatic rings. The summed E-state index contributed by atoms with van der Waals surface area (Å²) in [4.78, 5) is 49.9. The molecule has 1 aliphatic heterocycles. The van der Waals surface area contributed by atoms with Gasteiger partial charge in [-0.1, -0.05) is 6.42 Å². The number of thiophene rings is 1. The fraction of sp³-hybridized carbons (Fsp3) is 0.524. The molecule has 3 rings (SSSR count). The van der Waals surface area contributed by atoms with Crippen molar-refractivity contribution in [1.29, 1.82) is 0 Å². The summed E-state index contributed by atoms with van der Waals surface area (Å²) in [5, 5.41) is 3.02. The highest BCUT2D eigenvalue weighted by Crippen LogP contribution is 2.38. The second-order valence-electron chi connectivity index (χ2n) is 7.15. The van der Waals surface area contributed by atoms with E-state index in [1.807, 2.05) is 0 Å². The summed E-state index contributed by atoms with van der Waals surface area (Å²) in [6, 6.07) is 0. The number of rotatable bonds is 6. The van der Waals surface area contributed by atoms with Crippen molar-refractivity contribution in [3.8, 4) is 0 Å². The first kappa shape index (κ1) is 22.8. The molecule has 10 heteroatoms. The van der Waals surface area contributed by atoms with Crippen molar-refractivity contribution in [2.24, 2.45) is 0 Å². The van der Waals surface area contributed by atoms with E-state index in [0.29, 0.717) is 18.4 Å². The Morgan fingerprint density at radius 3 is 2.19 bits per heavy atom. The molecule has 0 amide bonds. The molecule has 31 heavy (non-hydrogen) atoms. The third-order valence-corrected chi connectivity index (χ3v) is 6.25. The molecule has 9 nitrogen and oxygen atoms in total. The quantitative estimate of drug-likeness (QED) is 0.300. The Hall–Kier alpha value is -2.88. The van der Waals surface area contributed by atoms with Crippen molar-refractivity contribution in [3.63, 3.8) is 0 Å². The van der Waals surface area contributed by atoms with Gasteiger partial charge in [-0.25, -0.2) is 19.2 Å². The zero-order valence-electron chi connectivity index (χ0n) is 17.7. The number of hydrogen-bond acceptors (Lipinski definition) is 10. The van der Waals surface area contributed by atoms with Crippen LogP contribution in [0.3, 0.4) is 0 Å². The SMILES string of the molecule is CCOC(=O)c1sc(NC=C2C(=O)OC3(CCCCC3)OC2=O)c(C(=O)OCC)c1C. The summed E-state index contributed by atoms with van der Waals surface area (Å²) in [6.45, 7) is 5.26. The van der Waals surface area contributed by atoms with Gasteiger partial charge in [-0.05, 0) is 39.2 Å².